The quantitative estimate of drug-likeness (QED) is 0.630. The van der Waals surface area contributed by atoms with Gasteiger partial charge in [0.15, 0.2) is 10.6 Å². The molecule has 0 spiro atoms. The maximum atomic E-state index is 5.35. The summed E-state index contributed by atoms with van der Waals surface area (Å²) in [5.74, 6) is 1.67. The molecule has 2 aromatic rings. The van der Waals surface area contributed by atoms with Gasteiger partial charge in [0.1, 0.15) is 5.75 Å². The van der Waals surface area contributed by atoms with E-state index >= 15 is 0 Å². The molecule has 5 nitrogen and oxygen atoms in total. The lowest BCUT2D eigenvalue weighted by Crippen LogP contribution is -2.04. The lowest BCUT2D eigenvalue weighted by atomic mass is 10.2. The van der Waals surface area contributed by atoms with Gasteiger partial charge in [0, 0.05) is 25.3 Å². The third-order valence-electron chi connectivity index (χ3n) is 2.98. The minimum Gasteiger partial charge on any atom is -0.497 e. The van der Waals surface area contributed by atoms with Crippen LogP contribution in [0.4, 0.5) is 0 Å². The summed E-state index contributed by atoms with van der Waals surface area (Å²) >= 11 is 5.28. The Hall–Kier alpha value is -1.66. The summed E-state index contributed by atoms with van der Waals surface area (Å²) in [5, 5.41) is 7.15. The van der Waals surface area contributed by atoms with Gasteiger partial charge in [0.25, 0.3) is 0 Å². The molecule has 0 fully saturated rings. The van der Waals surface area contributed by atoms with Gasteiger partial charge in [-0.15, -0.1) is 0 Å². The van der Waals surface area contributed by atoms with Crippen molar-refractivity contribution in [2.24, 2.45) is 0 Å². The highest BCUT2D eigenvalue weighted by Crippen LogP contribution is 2.21. The first-order valence-electron chi connectivity index (χ1n) is 6.63. The zero-order valence-electron chi connectivity index (χ0n) is 11.8. The van der Waals surface area contributed by atoms with Crippen LogP contribution in [0.2, 0.25) is 0 Å². The smallest absolute Gasteiger partial charge is 0.195 e. The molecular formula is C14H19N3O2S. The third-order valence-corrected chi connectivity index (χ3v) is 3.29. The van der Waals surface area contributed by atoms with Gasteiger partial charge in [0.05, 0.1) is 7.11 Å². The minimum absolute atomic E-state index is 0.632. The van der Waals surface area contributed by atoms with Gasteiger partial charge in [-0.2, -0.15) is 5.10 Å². The molecule has 1 aromatic carbocycles. The summed E-state index contributed by atoms with van der Waals surface area (Å²) in [4.78, 5) is 0. The average Bonchev–Trinajstić information content (AvgIpc) is 2.85. The number of aromatic amines is 1. The van der Waals surface area contributed by atoms with E-state index in [0.29, 0.717) is 4.77 Å². The van der Waals surface area contributed by atoms with E-state index in [2.05, 4.69) is 10.2 Å². The van der Waals surface area contributed by atoms with E-state index < -0.39 is 0 Å². The van der Waals surface area contributed by atoms with Crippen molar-refractivity contribution in [2.45, 2.75) is 19.9 Å². The molecule has 0 saturated carbocycles. The van der Waals surface area contributed by atoms with Gasteiger partial charge in [-0.1, -0.05) is 0 Å². The Morgan fingerprint density at radius 1 is 1.30 bits per heavy atom. The zero-order valence-corrected chi connectivity index (χ0v) is 12.6. The van der Waals surface area contributed by atoms with Crippen LogP contribution >= 0.6 is 12.2 Å². The second-order valence-electron chi connectivity index (χ2n) is 4.28. The molecule has 1 aromatic heterocycles. The molecule has 0 radical (unpaired) electrons. The Morgan fingerprint density at radius 2 is 2.05 bits per heavy atom. The van der Waals surface area contributed by atoms with E-state index in [0.717, 1.165) is 43.3 Å². The van der Waals surface area contributed by atoms with Crippen LogP contribution in [0, 0.1) is 4.77 Å². The molecule has 0 atom stereocenters. The summed E-state index contributed by atoms with van der Waals surface area (Å²) in [7, 11) is 1.65. The zero-order chi connectivity index (χ0) is 14.4. The summed E-state index contributed by atoms with van der Waals surface area (Å²) in [6.07, 6.45) is 0.908. The second kappa shape index (κ2) is 7.21. The van der Waals surface area contributed by atoms with Crippen LogP contribution < -0.4 is 4.74 Å². The highest BCUT2D eigenvalue weighted by molar-refractivity contribution is 7.71. The van der Waals surface area contributed by atoms with Crippen molar-refractivity contribution in [1.82, 2.24) is 14.8 Å². The van der Waals surface area contributed by atoms with Crippen LogP contribution in [0.5, 0.6) is 5.75 Å². The molecule has 0 amide bonds. The highest BCUT2D eigenvalue weighted by atomic mass is 32.1. The Kier molecular flexibility index (Phi) is 5.31. The van der Waals surface area contributed by atoms with E-state index in [4.69, 9.17) is 21.7 Å². The predicted molar refractivity (Wildman–Crippen MR) is 80.5 cm³/mol. The van der Waals surface area contributed by atoms with Crippen LogP contribution in [-0.4, -0.2) is 35.1 Å². The van der Waals surface area contributed by atoms with E-state index in [9.17, 15) is 0 Å². The number of hydrogen-bond donors (Lipinski definition) is 1. The van der Waals surface area contributed by atoms with Crippen molar-refractivity contribution < 1.29 is 9.47 Å². The van der Waals surface area contributed by atoms with Gasteiger partial charge < -0.3 is 14.0 Å². The average molecular weight is 293 g/mol. The number of aromatic nitrogens is 3. The number of hydrogen-bond acceptors (Lipinski definition) is 4. The molecule has 0 aliphatic rings. The van der Waals surface area contributed by atoms with Crippen molar-refractivity contribution in [2.75, 3.05) is 20.3 Å². The number of methoxy groups -OCH3 is 1. The Bertz CT molecular complexity index is 589. The number of nitrogens with zero attached hydrogens (tertiary/aromatic N) is 2. The Morgan fingerprint density at radius 3 is 2.70 bits per heavy atom. The number of benzene rings is 1. The fraction of sp³-hybridized carbons (Fsp3) is 0.429. The van der Waals surface area contributed by atoms with Crippen molar-refractivity contribution in [3.8, 4) is 17.1 Å². The van der Waals surface area contributed by atoms with Crippen molar-refractivity contribution >= 4 is 12.2 Å². The van der Waals surface area contributed by atoms with Crippen LogP contribution in [-0.2, 0) is 11.3 Å². The van der Waals surface area contributed by atoms with Gasteiger partial charge in [-0.3, -0.25) is 5.10 Å². The van der Waals surface area contributed by atoms with Gasteiger partial charge >= 0.3 is 0 Å². The molecule has 108 valence electrons. The Labute approximate surface area is 123 Å². The topological polar surface area (TPSA) is 52.1 Å². The van der Waals surface area contributed by atoms with Crippen molar-refractivity contribution in [3.05, 3.63) is 29.0 Å². The maximum Gasteiger partial charge on any atom is 0.195 e. The normalized spacial score (nSPS) is 10.7. The van der Waals surface area contributed by atoms with Gasteiger partial charge in [-0.25, -0.2) is 0 Å². The number of nitrogens with one attached hydrogen (secondary N) is 1. The first kappa shape index (κ1) is 14.7. The summed E-state index contributed by atoms with van der Waals surface area (Å²) < 4.78 is 13.1. The molecule has 2 rings (SSSR count). The predicted octanol–water partition coefficient (Wildman–Crippen LogP) is 3.04. The highest BCUT2D eigenvalue weighted by Gasteiger charge is 2.08. The lowest BCUT2D eigenvalue weighted by molar-refractivity contribution is 0.141. The summed E-state index contributed by atoms with van der Waals surface area (Å²) in [6.45, 7) is 4.25. The Balaban J connectivity index is 2.16. The van der Waals surface area contributed by atoms with Crippen molar-refractivity contribution in [3.63, 3.8) is 0 Å². The number of ether oxygens (including phenoxy) is 2. The van der Waals surface area contributed by atoms with Crippen LogP contribution in [0.1, 0.15) is 13.3 Å². The summed E-state index contributed by atoms with van der Waals surface area (Å²) in [5.41, 5.74) is 1.01. The van der Waals surface area contributed by atoms with Crippen LogP contribution in [0.25, 0.3) is 11.4 Å². The van der Waals surface area contributed by atoms with E-state index in [1.807, 2.05) is 35.8 Å². The first-order chi connectivity index (χ1) is 9.76. The second-order valence-corrected chi connectivity index (χ2v) is 4.67. The first-order valence-corrected chi connectivity index (χ1v) is 7.04. The van der Waals surface area contributed by atoms with Crippen LogP contribution in [0.15, 0.2) is 24.3 Å². The molecule has 0 aliphatic heterocycles. The molecule has 0 bridgehead atoms. The molecular weight excluding hydrogens is 274 g/mol. The summed E-state index contributed by atoms with van der Waals surface area (Å²) in [6, 6.07) is 7.78. The SMILES string of the molecule is CCOCCCn1c(-c2ccc(OC)cc2)n[nH]c1=S. The largest absolute Gasteiger partial charge is 0.497 e. The van der Waals surface area contributed by atoms with E-state index in [1.165, 1.54) is 0 Å². The molecule has 0 saturated heterocycles. The third kappa shape index (κ3) is 3.46. The molecule has 1 N–H and O–H groups in total. The van der Waals surface area contributed by atoms with E-state index in [1.54, 1.807) is 7.11 Å². The van der Waals surface area contributed by atoms with Gasteiger partial charge in [0.2, 0.25) is 0 Å². The maximum absolute atomic E-state index is 5.35. The fourth-order valence-corrected chi connectivity index (χ4v) is 2.18. The number of H-pyrrole nitrogens is 1. The lowest BCUT2D eigenvalue weighted by Gasteiger charge is -2.07. The molecule has 0 aliphatic carbocycles. The minimum atomic E-state index is 0.632. The molecule has 1 heterocycles. The van der Waals surface area contributed by atoms with E-state index in [-0.39, 0.29) is 0 Å². The van der Waals surface area contributed by atoms with Gasteiger partial charge in [-0.05, 0) is 49.8 Å². The monoisotopic (exact) mass is 293 g/mol. The van der Waals surface area contributed by atoms with Crippen molar-refractivity contribution in [1.29, 1.82) is 0 Å². The van der Waals surface area contributed by atoms with Crippen LogP contribution in [0.3, 0.4) is 0 Å². The standard InChI is InChI=1S/C14H19N3O2S/c1-3-19-10-4-9-17-13(15-16-14(17)20)11-5-7-12(18-2)8-6-11/h5-8H,3-4,9-10H2,1-2H3,(H,16,20). The fourth-order valence-electron chi connectivity index (χ4n) is 1.95. The number of rotatable bonds is 7. The molecule has 20 heavy (non-hydrogen) atoms. The molecule has 0 unspecified atom stereocenters. The molecule has 6 heteroatoms.